The fourth-order valence-electron chi connectivity index (χ4n) is 2.71. The molecule has 3 N–H and O–H groups in total. The van der Waals surface area contributed by atoms with E-state index in [4.69, 9.17) is 14.2 Å². The molecule has 0 radical (unpaired) electrons. The van der Waals surface area contributed by atoms with E-state index in [1.54, 1.807) is 55.6 Å². The highest BCUT2D eigenvalue weighted by Gasteiger charge is 2.17. The standard InChI is InChI=1S/C23H29N3O6/c1-24-20(14-8-9-15-25-22(28)31-18-10-4-2-5-11-18)21(27)30-17-16-26-23(29)32-19-12-6-3-7-13-19/h2-7,10-13,20,24H,8-9,14-17H2,1H3,(H,25,28)(H,26,29). The van der Waals surface area contributed by atoms with E-state index >= 15 is 0 Å². The average Bonchev–Trinajstić information content (AvgIpc) is 2.80. The molecule has 2 aromatic carbocycles. The molecule has 0 heterocycles. The highest BCUT2D eigenvalue weighted by molar-refractivity contribution is 5.75. The molecule has 0 aromatic heterocycles. The fourth-order valence-corrected chi connectivity index (χ4v) is 2.71. The van der Waals surface area contributed by atoms with Crippen LogP contribution in [-0.4, -0.2) is 50.9 Å². The van der Waals surface area contributed by atoms with Crippen molar-refractivity contribution in [2.75, 3.05) is 26.7 Å². The van der Waals surface area contributed by atoms with Crippen molar-refractivity contribution < 1.29 is 28.6 Å². The van der Waals surface area contributed by atoms with Gasteiger partial charge in [-0.25, -0.2) is 9.59 Å². The van der Waals surface area contributed by atoms with Crippen LogP contribution < -0.4 is 25.4 Å². The molecule has 0 aliphatic carbocycles. The molecule has 0 spiro atoms. The van der Waals surface area contributed by atoms with Crippen LogP contribution in [0.2, 0.25) is 0 Å². The minimum absolute atomic E-state index is 0.0355. The number of carbonyl (C=O) groups excluding carboxylic acids is 3. The molecule has 0 saturated carbocycles. The summed E-state index contributed by atoms with van der Waals surface area (Å²) in [7, 11) is 1.68. The number of esters is 1. The van der Waals surface area contributed by atoms with Crippen LogP contribution in [0.4, 0.5) is 9.59 Å². The molecule has 9 heteroatoms. The van der Waals surface area contributed by atoms with Crippen molar-refractivity contribution in [3.8, 4) is 11.5 Å². The highest BCUT2D eigenvalue weighted by Crippen LogP contribution is 2.09. The molecule has 0 aliphatic rings. The fraction of sp³-hybridized carbons (Fsp3) is 0.348. The van der Waals surface area contributed by atoms with E-state index in [1.807, 2.05) is 12.1 Å². The number of benzene rings is 2. The molecule has 0 aliphatic heterocycles. The number of ether oxygens (including phenoxy) is 3. The van der Waals surface area contributed by atoms with Crippen LogP contribution in [0.3, 0.4) is 0 Å². The van der Waals surface area contributed by atoms with Gasteiger partial charge in [0.25, 0.3) is 0 Å². The number of unbranched alkanes of at least 4 members (excludes halogenated alkanes) is 1. The summed E-state index contributed by atoms with van der Waals surface area (Å²) >= 11 is 0. The van der Waals surface area contributed by atoms with Crippen LogP contribution >= 0.6 is 0 Å². The Labute approximate surface area is 187 Å². The number of nitrogens with one attached hydrogen (secondary N) is 3. The van der Waals surface area contributed by atoms with E-state index in [1.165, 1.54) is 0 Å². The molecule has 9 nitrogen and oxygen atoms in total. The van der Waals surface area contributed by atoms with E-state index in [-0.39, 0.29) is 13.2 Å². The third-order valence-electron chi connectivity index (χ3n) is 4.35. The van der Waals surface area contributed by atoms with Gasteiger partial charge in [0, 0.05) is 6.54 Å². The molecule has 0 bridgehead atoms. The van der Waals surface area contributed by atoms with Crippen LogP contribution in [0.5, 0.6) is 11.5 Å². The van der Waals surface area contributed by atoms with E-state index in [0.717, 1.165) is 0 Å². The minimum atomic E-state index is -0.615. The highest BCUT2D eigenvalue weighted by atomic mass is 16.6. The molecule has 2 rings (SSSR count). The number of hydrogen-bond acceptors (Lipinski definition) is 7. The average molecular weight is 444 g/mol. The van der Waals surface area contributed by atoms with Crippen molar-refractivity contribution >= 4 is 18.2 Å². The van der Waals surface area contributed by atoms with E-state index in [0.29, 0.717) is 37.3 Å². The Hall–Kier alpha value is -3.59. The topological polar surface area (TPSA) is 115 Å². The van der Waals surface area contributed by atoms with Crippen LogP contribution in [0.1, 0.15) is 19.3 Å². The lowest BCUT2D eigenvalue weighted by Gasteiger charge is -2.15. The van der Waals surface area contributed by atoms with Gasteiger partial charge in [-0.05, 0) is 50.6 Å². The number of likely N-dealkylation sites (N-methyl/N-ethyl adjacent to an activating group) is 1. The van der Waals surface area contributed by atoms with Crippen LogP contribution in [0, 0.1) is 0 Å². The number of para-hydroxylation sites is 2. The summed E-state index contributed by atoms with van der Waals surface area (Å²) in [4.78, 5) is 35.6. The summed E-state index contributed by atoms with van der Waals surface area (Å²) in [5.74, 6) is 0.507. The second kappa shape index (κ2) is 14.4. The zero-order valence-corrected chi connectivity index (χ0v) is 18.0. The Morgan fingerprint density at radius 2 is 1.31 bits per heavy atom. The summed E-state index contributed by atoms with van der Waals surface area (Å²) in [6.45, 7) is 0.611. The smallest absolute Gasteiger partial charge is 0.412 e. The lowest BCUT2D eigenvalue weighted by molar-refractivity contribution is -0.146. The molecule has 0 saturated heterocycles. The van der Waals surface area contributed by atoms with Gasteiger partial charge in [0.15, 0.2) is 0 Å². The maximum Gasteiger partial charge on any atom is 0.412 e. The molecular formula is C23H29N3O6. The van der Waals surface area contributed by atoms with Gasteiger partial charge in [-0.15, -0.1) is 0 Å². The van der Waals surface area contributed by atoms with Gasteiger partial charge in [0.1, 0.15) is 24.1 Å². The number of hydrogen-bond donors (Lipinski definition) is 3. The molecule has 172 valence electrons. The van der Waals surface area contributed by atoms with Crippen molar-refractivity contribution in [2.24, 2.45) is 0 Å². The zero-order valence-electron chi connectivity index (χ0n) is 18.0. The van der Waals surface area contributed by atoms with E-state index in [2.05, 4.69) is 16.0 Å². The van der Waals surface area contributed by atoms with Crippen molar-refractivity contribution in [1.82, 2.24) is 16.0 Å². The molecule has 2 aromatic rings. The van der Waals surface area contributed by atoms with E-state index in [9.17, 15) is 14.4 Å². The van der Waals surface area contributed by atoms with Gasteiger partial charge in [-0.1, -0.05) is 36.4 Å². The van der Waals surface area contributed by atoms with Crippen molar-refractivity contribution in [2.45, 2.75) is 25.3 Å². The summed E-state index contributed by atoms with van der Waals surface area (Å²) in [6.07, 6.45) is 0.805. The maximum absolute atomic E-state index is 12.2. The maximum atomic E-state index is 12.2. The summed E-state index contributed by atoms with van der Waals surface area (Å²) in [5, 5.41) is 8.11. The van der Waals surface area contributed by atoms with Crippen molar-refractivity contribution in [3.05, 3.63) is 60.7 Å². The van der Waals surface area contributed by atoms with Gasteiger partial charge in [-0.3, -0.25) is 4.79 Å². The number of carbonyl (C=O) groups is 3. The first-order valence-corrected chi connectivity index (χ1v) is 10.4. The Kier molecular flexibility index (Phi) is 11.1. The molecule has 0 fully saturated rings. The first-order valence-electron chi connectivity index (χ1n) is 10.4. The lowest BCUT2D eigenvalue weighted by atomic mass is 10.1. The van der Waals surface area contributed by atoms with Gasteiger partial charge < -0.3 is 30.2 Å². The number of amides is 2. The molecule has 1 atom stereocenters. The van der Waals surface area contributed by atoms with Crippen LogP contribution in [-0.2, 0) is 9.53 Å². The molecular weight excluding hydrogens is 414 g/mol. The second-order valence-corrected chi connectivity index (χ2v) is 6.76. The largest absolute Gasteiger partial charge is 0.463 e. The molecule has 1 unspecified atom stereocenters. The van der Waals surface area contributed by atoms with Crippen molar-refractivity contribution in [1.29, 1.82) is 0 Å². The Balaban J connectivity index is 1.53. The normalized spacial score (nSPS) is 11.2. The zero-order chi connectivity index (χ0) is 23.0. The third-order valence-corrected chi connectivity index (χ3v) is 4.35. The Morgan fingerprint density at radius 3 is 1.84 bits per heavy atom. The number of rotatable bonds is 12. The third kappa shape index (κ3) is 9.94. The van der Waals surface area contributed by atoms with Gasteiger partial charge in [0.2, 0.25) is 0 Å². The quantitative estimate of drug-likeness (QED) is 0.341. The molecule has 32 heavy (non-hydrogen) atoms. The van der Waals surface area contributed by atoms with Crippen molar-refractivity contribution in [3.63, 3.8) is 0 Å². The first kappa shape index (κ1) is 24.7. The lowest BCUT2D eigenvalue weighted by Crippen LogP contribution is -2.37. The van der Waals surface area contributed by atoms with E-state index < -0.39 is 24.2 Å². The summed E-state index contributed by atoms with van der Waals surface area (Å²) in [6, 6.07) is 17.0. The Bertz CT molecular complexity index is 832. The summed E-state index contributed by atoms with van der Waals surface area (Å²) in [5.41, 5.74) is 0. The van der Waals surface area contributed by atoms with Gasteiger partial charge in [0.05, 0.1) is 6.54 Å². The van der Waals surface area contributed by atoms with Gasteiger partial charge in [-0.2, -0.15) is 0 Å². The minimum Gasteiger partial charge on any atom is -0.463 e. The SMILES string of the molecule is CNC(CCCCNC(=O)Oc1ccccc1)C(=O)OCCNC(=O)Oc1ccccc1. The van der Waals surface area contributed by atoms with Crippen LogP contribution in [0.25, 0.3) is 0 Å². The predicted molar refractivity (Wildman–Crippen MR) is 119 cm³/mol. The first-order chi connectivity index (χ1) is 15.6. The molecule has 2 amide bonds. The Morgan fingerprint density at radius 1 is 0.781 bits per heavy atom. The van der Waals surface area contributed by atoms with Crippen LogP contribution in [0.15, 0.2) is 60.7 Å². The predicted octanol–water partition coefficient (Wildman–Crippen LogP) is 2.87. The monoisotopic (exact) mass is 443 g/mol. The second-order valence-electron chi connectivity index (χ2n) is 6.76. The van der Waals surface area contributed by atoms with Gasteiger partial charge >= 0.3 is 18.2 Å². The summed E-state index contributed by atoms with van der Waals surface area (Å²) < 4.78 is 15.4.